The molecule has 0 aliphatic rings. The van der Waals surface area contributed by atoms with Crippen molar-refractivity contribution in [1.82, 2.24) is 0 Å². The highest BCUT2D eigenvalue weighted by Crippen LogP contribution is 2.19. The third kappa shape index (κ3) is 3.57. The van der Waals surface area contributed by atoms with Crippen LogP contribution in [0.5, 0.6) is 0 Å². The zero-order valence-electron chi connectivity index (χ0n) is 11.3. The van der Waals surface area contributed by atoms with E-state index in [0.29, 0.717) is 0 Å². The molecule has 0 spiro atoms. The van der Waals surface area contributed by atoms with Crippen molar-refractivity contribution in [2.45, 2.75) is 32.6 Å². The van der Waals surface area contributed by atoms with E-state index in [1.807, 2.05) is 19.1 Å². The van der Waals surface area contributed by atoms with Crippen LogP contribution < -0.4 is 0 Å². The molecule has 19 heavy (non-hydrogen) atoms. The Bertz CT molecular complexity index is 560. The Labute approximate surface area is 114 Å². The Morgan fingerprint density at radius 1 is 1.11 bits per heavy atom. The zero-order valence-corrected chi connectivity index (χ0v) is 11.3. The lowest BCUT2D eigenvalue weighted by molar-refractivity contribution is -0.142. The summed E-state index contributed by atoms with van der Waals surface area (Å²) < 4.78 is 0. The van der Waals surface area contributed by atoms with E-state index in [9.17, 15) is 4.79 Å². The molecule has 0 fully saturated rings. The standard InChI is InChI=1S/C17H20O2/c1-2-5-15(17(18)19)11-9-13-8-10-14-6-3-4-7-16(14)12-13/h3-4,6-8,10,12,15H,2,5,9,11H2,1H3,(H,18,19). The number of fused-ring (bicyclic) bond motifs is 1. The summed E-state index contributed by atoms with van der Waals surface area (Å²) in [7, 11) is 0. The zero-order chi connectivity index (χ0) is 13.7. The molecule has 0 saturated carbocycles. The minimum Gasteiger partial charge on any atom is -0.481 e. The van der Waals surface area contributed by atoms with E-state index in [2.05, 4.69) is 30.3 Å². The third-order valence-corrected chi connectivity index (χ3v) is 3.58. The molecule has 1 unspecified atom stereocenters. The second-order valence-electron chi connectivity index (χ2n) is 5.04. The molecule has 0 saturated heterocycles. The highest BCUT2D eigenvalue weighted by molar-refractivity contribution is 5.83. The largest absolute Gasteiger partial charge is 0.481 e. The van der Waals surface area contributed by atoms with E-state index in [1.165, 1.54) is 16.3 Å². The van der Waals surface area contributed by atoms with Crippen LogP contribution >= 0.6 is 0 Å². The summed E-state index contributed by atoms with van der Waals surface area (Å²) in [5.74, 6) is -0.876. The molecular formula is C17H20O2. The van der Waals surface area contributed by atoms with Crippen LogP contribution in [0.25, 0.3) is 10.8 Å². The summed E-state index contributed by atoms with van der Waals surface area (Å²) in [6.45, 7) is 2.03. The smallest absolute Gasteiger partial charge is 0.306 e. The average molecular weight is 256 g/mol. The van der Waals surface area contributed by atoms with Gasteiger partial charge in [-0.3, -0.25) is 4.79 Å². The minimum atomic E-state index is -0.664. The van der Waals surface area contributed by atoms with E-state index in [4.69, 9.17) is 5.11 Å². The maximum absolute atomic E-state index is 11.1. The highest BCUT2D eigenvalue weighted by atomic mass is 16.4. The van der Waals surface area contributed by atoms with E-state index in [1.54, 1.807) is 0 Å². The Morgan fingerprint density at radius 2 is 1.84 bits per heavy atom. The molecule has 0 aliphatic heterocycles. The van der Waals surface area contributed by atoms with Gasteiger partial charge >= 0.3 is 5.97 Å². The van der Waals surface area contributed by atoms with E-state index < -0.39 is 5.97 Å². The van der Waals surface area contributed by atoms with Gasteiger partial charge in [-0.15, -0.1) is 0 Å². The van der Waals surface area contributed by atoms with Crippen LogP contribution in [0.2, 0.25) is 0 Å². The molecule has 0 amide bonds. The van der Waals surface area contributed by atoms with Crippen LogP contribution in [0.1, 0.15) is 31.7 Å². The van der Waals surface area contributed by atoms with Crippen LogP contribution in [-0.4, -0.2) is 11.1 Å². The van der Waals surface area contributed by atoms with Crippen molar-refractivity contribution in [2.24, 2.45) is 5.92 Å². The number of carbonyl (C=O) groups is 1. The van der Waals surface area contributed by atoms with Gasteiger partial charge in [-0.05, 0) is 35.6 Å². The Hall–Kier alpha value is -1.83. The number of hydrogen-bond acceptors (Lipinski definition) is 1. The molecule has 2 aromatic rings. The summed E-state index contributed by atoms with van der Waals surface area (Å²) in [6, 6.07) is 14.6. The molecule has 0 aliphatic carbocycles. The lowest BCUT2D eigenvalue weighted by Crippen LogP contribution is -2.14. The van der Waals surface area contributed by atoms with Gasteiger partial charge in [-0.1, -0.05) is 55.8 Å². The van der Waals surface area contributed by atoms with Crippen LogP contribution in [-0.2, 0) is 11.2 Å². The number of hydrogen-bond donors (Lipinski definition) is 1. The van der Waals surface area contributed by atoms with Crippen molar-refractivity contribution in [2.75, 3.05) is 0 Å². The Kier molecular flexibility index (Phi) is 4.56. The van der Waals surface area contributed by atoms with Crippen molar-refractivity contribution in [1.29, 1.82) is 0 Å². The highest BCUT2D eigenvalue weighted by Gasteiger charge is 2.15. The molecule has 0 aromatic heterocycles. The molecule has 2 rings (SSSR count). The second-order valence-corrected chi connectivity index (χ2v) is 5.04. The summed E-state index contributed by atoms with van der Waals surface area (Å²) in [5, 5.41) is 11.6. The molecule has 1 atom stereocenters. The first-order valence-electron chi connectivity index (χ1n) is 6.91. The van der Waals surface area contributed by atoms with Crippen LogP contribution in [0.4, 0.5) is 0 Å². The number of rotatable bonds is 6. The molecule has 2 aromatic carbocycles. The Balaban J connectivity index is 2.06. The second kappa shape index (κ2) is 6.37. The molecule has 0 radical (unpaired) electrons. The van der Waals surface area contributed by atoms with Gasteiger partial charge in [-0.2, -0.15) is 0 Å². The molecule has 0 bridgehead atoms. The van der Waals surface area contributed by atoms with Crippen molar-refractivity contribution in [3.8, 4) is 0 Å². The van der Waals surface area contributed by atoms with Gasteiger partial charge in [0.1, 0.15) is 0 Å². The van der Waals surface area contributed by atoms with Crippen LogP contribution in [0.15, 0.2) is 42.5 Å². The predicted octanol–water partition coefficient (Wildman–Crippen LogP) is 4.27. The van der Waals surface area contributed by atoms with E-state index >= 15 is 0 Å². The third-order valence-electron chi connectivity index (χ3n) is 3.58. The van der Waals surface area contributed by atoms with Crippen molar-refractivity contribution >= 4 is 16.7 Å². The van der Waals surface area contributed by atoms with Gasteiger partial charge in [0.2, 0.25) is 0 Å². The number of aryl methyl sites for hydroxylation is 1. The van der Waals surface area contributed by atoms with Crippen LogP contribution in [0, 0.1) is 5.92 Å². The topological polar surface area (TPSA) is 37.3 Å². The molecule has 2 nitrogen and oxygen atoms in total. The maximum Gasteiger partial charge on any atom is 0.306 e. The predicted molar refractivity (Wildman–Crippen MR) is 78.3 cm³/mol. The number of benzene rings is 2. The lowest BCUT2D eigenvalue weighted by atomic mass is 9.94. The first kappa shape index (κ1) is 13.6. The first-order valence-corrected chi connectivity index (χ1v) is 6.91. The molecule has 100 valence electrons. The number of aliphatic carboxylic acids is 1. The van der Waals surface area contributed by atoms with Crippen LogP contribution in [0.3, 0.4) is 0 Å². The normalized spacial score (nSPS) is 12.5. The summed E-state index contributed by atoms with van der Waals surface area (Å²) in [6.07, 6.45) is 3.25. The maximum atomic E-state index is 11.1. The van der Waals surface area contributed by atoms with Crippen molar-refractivity contribution in [3.63, 3.8) is 0 Å². The number of carboxylic acid groups (broad SMARTS) is 1. The van der Waals surface area contributed by atoms with Gasteiger partial charge in [0.15, 0.2) is 0 Å². The Morgan fingerprint density at radius 3 is 2.53 bits per heavy atom. The van der Waals surface area contributed by atoms with Gasteiger partial charge < -0.3 is 5.11 Å². The minimum absolute atomic E-state index is 0.212. The molecule has 1 N–H and O–H groups in total. The summed E-state index contributed by atoms with van der Waals surface area (Å²) in [5.41, 5.74) is 1.22. The fourth-order valence-electron chi connectivity index (χ4n) is 2.47. The first-order chi connectivity index (χ1) is 9.20. The van der Waals surface area contributed by atoms with Gasteiger partial charge in [0.05, 0.1) is 5.92 Å². The molecule has 2 heteroatoms. The van der Waals surface area contributed by atoms with E-state index in [0.717, 1.165) is 25.7 Å². The van der Waals surface area contributed by atoms with E-state index in [-0.39, 0.29) is 5.92 Å². The SMILES string of the molecule is CCCC(CCc1ccc2ccccc2c1)C(=O)O. The molecular weight excluding hydrogens is 236 g/mol. The lowest BCUT2D eigenvalue weighted by Gasteiger charge is -2.11. The van der Waals surface area contributed by atoms with Gasteiger partial charge in [0, 0.05) is 0 Å². The quantitative estimate of drug-likeness (QED) is 0.837. The summed E-state index contributed by atoms with van der Waals surface area (Å²) in [4.78, 5) is 11.1. The monoisotopic (exact) mass is 256 g/mol. The fraction of sp³-hybridized carbons (Fsp3) is 0.353. The molecule has 0 heterocycles. The number of carboxylic acids is 1. The van der Waals surface area contributed by atoms with Crippen molar-refractivity contribution in [3.05, 3.63) is 48.0 Å². The average Bonchev–Trinajstić information content (AvgIpc) is 2.43. The summed E-state index contributed by atoms with van der Waals surface area (Å²) >= 11 is 0. The van der Waals surface area contributed by atoms with Crippen molar-refractivity contribution < 1.29 is 9.90 Å². The fourth-order valence-corrected chi connectivity index (χ4v) is 2.47. The van der Waals surface area contributed by atoms with Gasteiger partial charge in [-0.25, -0.2) is 0 Å². The van der Waals surface area contributed by atoms with Gasteiger partial charge in [0.25, 0.3) is 0 Å².